The summed E-state index contributed by atoms with van der Waals surface area (Å²) in [7, 11) is 0. The molecule has 0 spiro atoms. The first-order valence-electron chi connectivity index (χ1n) is 10.4. The van der Waals surface area contributed by atoms with Gasteiger partial charge in [-0.25, -0.2) is 15.0 Å². The smallest absolute Gasteiger partial charge is 0.303 e. The highest BCUT2D eigenvalue weighted by Gasteiger charge is 2.20. The van der Waals surface area contributed by atoms with E-state index in [0.29, 0.717) is 17.8 Å². The Morgan fingerprint density at radius 1 is 1.23 bits per heavy atom. The van der Waals surface area contributed by atoms with Crippen molar-refractivity contribution in [3.05, 3.63) is 45.6 Å². The lowest BCUT2D eigenvalue weighted by molar-refractivity contribution is -0.137. The first kappa shape index (κ1) is 22.3. The summed E-state index contributed by atoms with van der Waals surface area (Å²) >= 11 is 3.62. The van der Waals surface area contributed by atoms with E-state index < -0.39 is 11.9 Å². The Balaban J connectivity index is 1.50. The molecule has 3 heterocycles. The van der Waals surface area contributed by atoms with Crippen molar-refractivity contribution in [2.24, 2.45) is 0 Å². The van der Waals surface area contributed by atoms with E-state index in [1.165, 1.54) is 5.56 Å². The zero-order valence-electron chi connectivity index (χ0n) is 17.2. The van der Waals surface area contributed by atoms with Crippen molar-refractivity contribution in [1.29, 1.82) is 0 Å². The first-order chi connectivity index (χ1) is 14.4. The molecule has 1 aliphatic heterocycles. The molecule has 1 unspecified atom stereocenters. The van der Waals surface area contributed by atoms with E-state index in [1.54, 1.807) is 19.3 Å². The summed E-state index contributed by atoms with van der Waals surface area (Å²) in [5.41, 5.74) is 2.96. The van der Waals surface area contributed by atoms with Crippen LogP contribution in [0.15, 0.2) is 22.9 Å². The topological polar surface area (TPSA) is 105 Å². The second-order valence-corrected chi connectivity index (χ2v) is 8.62. The normalized spacial score (nSPS) is 13.9. The van der Waals surface area contributed by atoms with Crippen LogP contribution < -0.4 is 5.32 Å². The van der Waals surface area contributed by atoms with E-state index in [0.717, 1.165) is 54.6 Å². The molecular formula is C22H27BrN4O3. The van der Waals surface area contributed by atoms with Crippen molar-refractivity contribution in [1.82, 2.24) is 15.0 Å². The third-order valence-corrected chi connectivity index (χ3v) is 6.02. The van der Waals surface area contributed by atoms with Gasteiger partial charge in [-0.3, -0.25) is 9.59 Å². The molecule has 0 aromatic carbocycles. The van der Waals surface area contributed by atoms with Crippen LogP contribution in [-0.4, -0.2) is 38.4 Å². The van der Waals surface area contributed by atoms with E-state index in [9.17, 15) is 14.7 Å². The molecule has 2 N–H and O–H groups in total. The summed E-state index contributed by atoms with van der Waals surface area (Å²) < 4.78 is 1.03. The second-order valence-electron chi connectivity index (χ2n) is 7.76. The van der Waals surface area contributed by atoms with Gasteiger partial charge in [0.2, 0.25) is 0 Å². The number of halogens is 1. The Bertz CT molecular complexity index is 902. The number of carbonyl (C=O) groups is 2. The highest BCUT2D eigenvalue weighted by Crippen LogP contribution is 2.27. The van der Waals surface area contributed by atoms with Gasteiger partial charge in [0.05, 0.1) is 12.1 Å². The molecular weight excluding hydrogens is 448 g/mol. The monoisotopic (exact) mass is 474 g/mol. The minimum absolute atomic E-state index is 0.0703. The van der Waals surface area contributed by atoms with Gasteiger partial charge in [0.15, 0.2) is 0 Å². The Labute approximate surface area is 184 Å². The number of fused-ring (bicyclic) bond motifs is 1. The average Bonchev–Trinajstić information content (AvgIpc) is 2.71. The molecule has 2 aromatic rings. The molecule has 2 aromatic heterocycles. The van der Waals surface area contributed by atoms with Crippen molar-refractivity contribution in [3.8, 4) is 0 Å². The summed E-state index contributed by atoms with van der Waals surface area (Å²) in [6.45, 7) is 2.73. The SMILES string of the molecule is Cc1ncc(C(CC(=O)O)CC(=O)CCCCc2nc3c(cc2Br)CCCN3)cn1. The molecule has 0 saturated carbocycles. The number of aryl methyl sites for hydroxylation is 3. The van der Waals surface area contributed by atoms with E-state index >= 15 is 0 Å². The molecule has 30 heavy (non-hydrogen) atoms. The predicted molar refractivity (Wildman–Crippen MR) is 118 cm³/mol. The van der Waals surface area contributed by atoms with Crippen LogP contribution in [0.3, 0.4) is 0 Å². The molecule has 160 valence electrons. The molecule has 1 atom stereocenters. The summed E-state index contributed by atoms with van der Waals surface area (Å²) in [5.74, 6) is 0.355. The molecule has 0 amide bonds. The van der Waals surface area contributed by atoms with Crippen LogP contribution in [0.2, 0.25) is 0 Å². The Morgan fingerprint density at radius 3 is 2.73 bits per heavy atom. The maximum absolute atomic E-state index is 12.5. The number of ketones is 1. The number of unbranched alkanes of at least 4 members (excludes halogenated alkanes) is 1. The maximum atomic E-state index is 12.5. The van der Waals surface area contributed by atoms with Crippen LogP contribution in [0.1, 0.15) is 67.1 Å². The quantitative estimate of drug-likeness (QED) is 0.496. The molecule has 8 heteroatoms. The summed E-state index contributed by atoms with van der Waals surface area (Å²) in [5, 5.41) is 12.5. The number of Topliss-reactive ketones (excluding diaryl/α,β-unsaturated/α-hetero) is 1. The highest BCUT2D eigenvalue weighted by atomic mass is 79.9. The maximum Gasteiger partial charge on any atom is 0.303 e. The van der Waals surface area contributed by atoms with Crippen LogP contribution in [0.5, 0.6) is 0 Å². The number of hydrogen-bond acceptors (Lipinski definition) is 6. The predicted octanol–water partition coefficient (Wildman–Crippen LogP) is 4.23. The van der Waals surface area contributed by atoms with Gasteiger partial charge in [0.1, 0.15) is 17.4 Å². The van der Waals surface area contributed by atoms with Gasteiger partial charge in [-0.2, -0.15) is 0 Å². The molecule has 0 radical (unpaired) electrons. The van der Waals surface area contributed by atoms with Crippen molar-refractivity contribution in [2.75, 3.05) is 11.9 Å². The third-order valence-electron chi connectivity index (χ3n) is 5.33. The fourth-order valence-corrected chi connectivity index (χ4v) is 4.26. The number of hydrogen-bond donors (Lipinski definition) is 2. The van der Waals surface area contributed by atoms with E-state index in [1.807, 2.05) is 0 Å². The molecule has 1 aliphatic rings. The largest absolute Gasteiger partial charge is 0.481 e. The molecule has 7 nitrogen and oxygen atoms in total. The lowest BCUT2D eigenvalue weighted by Gasteiger charge is -2.18. The minimum atomic E-state index is -0.926. The summed E-state index contributed by atoms with van der Waals surface area (Å²) in [6, 6.07) is 2.15. The number of rotatable bonds is 10. The molecule has 0 bridgehead atoms. The van der Waals surface area contributed by atoms with Crippen molar-refractivity contribution < 1.29 is 14.7 Å². The van der Waals surface area contributed by atoms with E-state index in [4.69, 9.17) is 4.98 Å². The van der Waals surface area contributed by atoms with Gasteiger partial charge in [0.25, 0.3) is 0 Å². The number of anilines is 1. The zero-order chi connectivity index (χ0) is 21.5. The van der Waals surface area contributed by atoms with Crippen molar-refractivity contribution in [3.63, 3.8) is 0 Å². The number of carboxylic acids is 1. The molecule has 0 aliphatic carbocycles. The zero-order valence-corrected chi connectivity index (χ0v) is 18.7. The molecule has 3 rings (SSSR count). The second kappa shape index (κ2) is 10.6. The number of nitrogens with one attached hydrogen (secondary N) is 1. The van der Waals surface area contributed by atoms with Gasteiger partial charge in [-0.05, 0) is 72.2 Å². The Kier molecular flexibility index (Phi) is 7.90. The van der Waals surface area contributed by atoms with Crippen LogP contribution in [0, 0.1) is 6.92 Å². The van der Waals surface area contributed by atoms with Crippen LogP contribution >= 0.6 is 15.9 Å². The van der Waals surface area contributed by atoms with Crippen molar-refractivity contribution in [2.45, 2.75) is 64.2 Å². The number of pyridine rings is 1. The number of carboxylic acid groups (broad SMARTS) is 1. The van der Waals surface area contributed by atoms with E-state index in [-0.39, 0.29) is 18.6 Å². The average molecular weight is 475 g/mol. The van der Waals surface area contributed by atoms with Crippen LogP contribution in [0.25, 0.3) is 0 Å². The van der Waals surface area contributed by atoms with Gasteiger partial charge in [0, 0.05) is 42.2 Å². The Hall–Kier alpha value is -2.35. The number of nitrogens with zero attached hydrogens (tertiary/aromatic N) is 3. The lowest BCUT2D eigenvalue weighted by Crippen LogP contribution is -2.14. The van der Waals surface area contributed by atoms with Crippen LogP contribution in [-0.2, 0) is 22.4 Å². The first-order valence-corrected chi connectivity index (χ1v) is 11.2. The van der Waals surface area contributed by atoms with Gasteiger partial charge in [-0.15, -0.1) is 0 Å². The fraction of sp³-hybridized carbons (Fsp3) is 0.500. The van der Waals surface area contributed by atoms with Gasteiger partial charge < -0.3 is 10.4 Å². The number of aromatic nitrogens is 3. The third kappa shape index (κ3) is 6.32. The fourth-order valence-electron chi connectivity index (χ4n) is 3.69. The van der Waals surface area contributed by atoms with Gasteiger partial charge in [-0.1, -0.05) is 0 Å². The van der Waals surface area contributed by atoms with Crippen LogP contribution in [0.4, 0.5) is 5.82 Å². The molecule has 0 fully saturated rings. The molecule has 0 saturated heterocycles. The lowest BCUT2D eigenvalue weighted by atomic mass is 9.91. The van der Waals surface area contributed by atoms with Gasteiger partial charge >= 0.3 is 5.97 Å². The van der Waals surface area contributed by atoms with E-state index in [2.05, 4.69) is 37.3 Å². The summed E-state index contributed by atoms with van der Waals surface area (Å²) in [6.07, 6.45) is 8.35. The number of aliphatic carboxylic acids is 1. The summed E-state index contributed by atoms with van der Waals surface area (Å²) in [4.78, 5) is 36.7. The Morgan fingerprint density at radius 2 is 2.00 bits per heavy atom. The number of carbonyl (C=O) groups excluding carboxylic acids is 1. The highest BCUT2D eigenvalue weighted by molar-refractivity contribution is 9.10. The minimum Gasteiger partial charge on any atom is -0.481 e. The van der Waals surface area contributed by atoms with Crippen molar-refractivity contribution >= 4 is 33.5 Å². The standard InChI is InChI=1S/C22H27BrN4O3/c1-14-25-12-17(13-26-14)16(11-21(29)30)9-18(28)6-2-3-7-20-19(23)10-15-5-4-8-24-22(15)27-20/h10,12-13,16H,2-9,11H2,1H3,(H,24,27)(H,29,30).